The predicted octanol–water partition coefficient (Wildman–Crippen LogP) is 0.439. The summed E-state index contributed by atoms with van der Waals surface area (Å²) in [5.74, 6) is -0.733. The molecule has 0 aliphatic carbocycles. The van der Waals surface area contributed by atoms with Gasteiger partial charge in [0.1, 0.15) is 0 Å². The molecule has 1 aromatic heterocycles. The first-order valence-electron chi connectivity index (χ1n) is 5.71. The van der Waals surface area contributed by atoms with E-state index in [4.69, 9.17) is 5.11 Å². The first-order valence-corrected chi connectivity index (χ1v) is 6.59. The van der Waals surface area contributed by atoms with Gasteiger partial charge in [0, 0.05) is 31.9 Å². The van der Waals surface area contributed by atoms with Gasteiger partial charge in [0.2, 0.25) is 5.91 Å². The van der Waals surface area contributed by atoms with Crippen LogP contribution in [0.15, 0.2) is 5.38 Å². The molecule has 0 saturated carbocycles. The summed E-state index contributed by atoms with van der Waals surface area (Å²) in [6, 6.07) is 0. The number of amides is 1. The molecule has 1 aliphatic rings. The van der Waals surface area contributed by atoms with Gasteiger partial charge in [0.05, 0.1) is 18.7 Å². The van der Waals surface area contributed by atoms with E-state index in [1.807, 2.05) is 10.3 Å². The monoisotopic (exact) mass is 269 g/mol. The Kier molecular flexibility index (Phi) is 3.81. The molecule has 0 radical (unpaired) electrons. The standard InChI is InChI=1S/C11H15N3O3S/c1-13-4-5-14(6-9(13)15)11-12-8(7-18-11)2-3-10(16)17/h7H,2-6H2,1H3,(H,16,17). The van der Waals surface area contributed by atoms with Crippen molar-refractivity contribution in [3.63, 3.8) is 0 Å². The smallest absolute Gasteiger partial charge is 0.303 e. The number of anilines is 1. The molecule has 1 fully saturated rings. The number of carboxylic acids is 1. The number of aliphatic carboxylic acids is 1. The molecule has 1 saturated heterocycles. The molecule has 2 heterocycles. The summed E-state index contributed by atoms with van der Waals surface area (Å²) in [4.78, 5) is 30.1. The SMILES string of the molecule is CN1CCN(c2nc(CCC(=O)O)cs2)CC1=O. The first kappa shape index (κ1) is 12.8. The third-order valence-electron chi connectivity index (χ3n) is 2.86. The number of thiazole rings is 1. The molecular formula is C11H15N3O3S. The molecular weight excluding hydrogens is 254 g/mol. The highest BCUT2D eigenvalue weighted by atomic mass is 32.1. The van der Waals surface area contributed by atoms with Crippen LogP contribution in [0.1, 0.15) is 12.1 Å². The summed E-state index contributed by atoms with van der Waals surface area (Å²) in [5, 5.41) is 11.3. The van der Waals surface area contributed by atoms with Crippen LogP contribution in [0.5, 0.6) is 0 Å². The quantitative estimate of drug-likeness (QED) is 0.858. The predicted molar refractivity (Wildman–Crippen MR) is 67.9 cm³/mol. The highest BCUT2D eigenvalue weighted by molar-refractivity contribution is 7.13. The first-order chi connectivity index (χ1) is 8.56. The van der Waals surface area contributed by atoms with Gasteiger partial charge in [0.25, 0.3) is 0 Å². The van der Waals surface area contributed by atoms with E-state index >= 15 is 0 Å². The average Bonchev–Trinajstić information content (AvgIpc) is 2.79. The lowest BCUT2D eigenvalue weighted by atomic mass is 10.2. The van der Waals surface area contributed by atoms with Crippen molar-refractivity contribution in [1.82, 2.24) is 9.88 Å². The van der Waals surface area contributed by atoms with Crippen LogP contribution in [0.4, 0.5) is 5.13 Å². The summed E-state index contributed by atoms with van der Waals surface area (Å²) in [5.41, 5.74) is 0.781. The van der Waals surface area contributed by atoms with Crippen molar-refractivity contribution in [3.8, 4) is 0 Å². The van der Waals surface area contributed by atoms with Crippen molar-refractivity contribution in [2.45, 2.75) is 12.8 Å². The van der Waals surface area contributed by atoms with Crippen molar-refractivity contribution in [3.05, 3.63) is 11.1 Å². The van der Waals surface area contributed by atoms with Gasteiger partial charge < -0.3 is 14.9 Å². The zero-order valence-corrected chi connectivity index (χ0v) is 10.9. The van der Waals surface area contributed by atoms with Gasteiger partial charge in [-0.3, -0.25) is 9.59 Å². The average molecular weight is 269 g/mol. The Labute approximate surface area is 109 Å². The van der Waals surface area contributed by atoms with E-state index in [0.717, 1.165) is 17.4 Å². The van der Waals surface area contributed by atoms with Crippen molar-refractivity contribution in [1.29, 1.82) is 0 Å². The fourth-order valence-electron chi connectivity index (χ4n) is 1.71. The Morgan fingerprint density at radius 3 is 3.00 bits per heavy atom. The van der Waals surface area contributed by atoms with Crippen molar-refractivity contribution in [2.24, 2.45) is 0 Å². The maximum atomic E-state index is 11.6. The molecule has 1 aliphatic heterocycles. The molecule has 2 rings (SSSR count). The number of aryl methyl sites for hydroxylation is 1. The van der Waals surface area contributed by atoms with Crippen molar-refractivity contribution >= 4 is 28.3 Å². The lowest BCUT2D eigenvalue weighted by Gasteiger charge is -2.31. The molecule has 98 valence electrons. The van der Waals surface area contributed by atoms with E-state index < -0.39 is 5.97 Å². The Balaban J connectivity index is 1.97. The molecule has 0 bridgehead atoms. The minimum atomic E-state index is -0.820. The van der Waals surface area contributed by atoms with Gasteiger partial charge in [-0.15, -0.1) is 11.3 Å². The number of hydrogen-bond acceptors (Lipinski definition) is 5. The number of aromatic nitrogens is 1. The summed E-state index contributed by atoms with van der Waals surface area (Å²) in [6.45, 7) is 1.82. The number of piperazine rings is 1. The largest absolute Gasteiger partial charge is 0.481 e. The second kappa shape index (κ2) is 5.34. The molecule has 0 aromatic carbocycles. The normalized spacial score (nSPS) is 16.2. The van der Waals surface area contributed by atoms with Crippen LogP contribution < -0.4 is 4.90 Å². The van der Waals surface area contributed by atoms with E-state index in [1.165, 1.54) is 11.3 Å². The van der Waals surface area contributed by atoms with Crippen LogP contribution in [-0.4, -0.2) is 53.5 Å². The third-order valence-corrected chi connectivity index (χ3v) is 3.81. The topological polar surface area (TPSA) is 73.7 Å². The lowest BCUT2D eigenvalue weighted by Crippen LogP contribution is -2.48. The lowest BCUT2D eigenvalue weighted by molar-refractivity contribution is -0.137. The second-order valence-corrected chi connectivity index (χ2v) is 5.09. The number of rotatable bonds is 4. The number of nitrogens with zero attached hydrogens (tertiary/aromatic N) is 3. The van der Waals surface area contributed by atoms with Gasteiger partial charge in [-0.25, -0.2) is 4.98 Å². The zero-order chi connectivity index (χ0) is 13.1. The summed E-state index contributed by atoms with van der Waals surface area (Å²) >= 11 is 1.46. The highest BCUT2D eigenvalue weighted by Gasteiger charge is 2.23. The van der Waals surface area contributed by atoms with E-state index in [0.29, 0.717) is 19.5 Å². The minimum Gasteiger partial charge on any atom is -0.481 e. The Hall–Kier alpha value is -1.63. The van der Waals surface area contributed by atoms with Crippen LogP contribution in [0.3, 0.4) is 0 Å². The summed E-state index contributed by atoms with van der Waals surface area (Å²) in [7, 11) is 1.79. The van der Waals surface area contributed by atoms with Crippen LogP contribution in [0.2, 0.25) is 0 Å². The maximum absolute atomic E-state index is 11.6. The molecule has 0 unspecified atom stereocenters. The fraction of sp³-hybridized carbons (Fsp3) is 0.545. The van der Waals surface area contributed by atoms with Gasteiger partial charge >= 0.3 is 5.97 Å². The van der Waals surface area contributed by atoms with Gasteiger partial charge in [-0.2, -0.15) is 0 Å². The molecule has 1 aromatic rings. The number of carboxylic acid groups (broad SMARTS) is 1. The number of carbonyl (C=O) groups excluding carboxylic acids is 1. The zero-order valence-electron chi connectivity index (χ0n) is 10.1. The van der Waals surface area contributed by atoms with Gasteiger partial charge in [-0.05, 0) is 0 Å². The number of hydrogen-bond donors (Lipinski definition) is 1. The van der Waals surface area contributed by atoms with Crippen LogP contribution in [0, 0.1) is 0 Å². The Morgan fingerprint density at radius 1 is 1.56 bits per heavy atom. The highest BCUT2D eigenvalue weighted by Crippen LogP contribution is 2.22. The summed E-state index contributed by atoms with van der Waals surface area (Å²) in [6.07, 6.45) is 0.526. The summed E-state index contributed by atoms with van der Waals surface area (Å²) < 4.78 is 0. The Morgan fingerprint density at radius 2 is 2.33 bits per heavy atom. The van der Waals surface area contributed by atoms with E-state index in [9.17, 15) is 9.59 Å². The molecule has 1 N–H and O–H groups in total. The molecule has 7 heteroatoms. The van der Waals surface area contributed by atoms with Crippen LogP contribution >= 0.6 is 11.3 Å². The minimum absolute atomic E-state index is 0.0866. The number of carbonyl (C=O) groups is 2. The van der Waals surface area contributed by atoms with Crippen molar-refractivity contribution < 1.29 is 14.7 Å². The van der Waals surface area contributed by atoms with Crippen molar-refractivity contribution in [2.75, 3.05) is 31.6 Å². The van der Waals surface area contributed by atoms with E-state index in [-0.39, 0.29) is 12.3 Å². The van der Waals surface area contributed by atoms with E-state index in [2.05, 4.69) is 4.98 Å². The molecule has 0 atom stereocenters. The van der Waals surface area contributed by atoms with Gasteiger partial charge in [-0.1, -0.05) is 0 Å². The van der Waals surface area contributed by atoms with Gasteiger partial charge in [0.15, 0.2) is 5.13 Å². The Bertz CT molecular complexity index is 460. The third kappa shape index (κ3) is 2.98. The second-order valence-electron chi connectivity index (χ2n) is 4.25. The molecule has 0 spiro atoms. The van der Waals surface area contributed by atoms with Crippen LogP contribution in [0.25, 0.3) is 0 Å². The van der Waals surface area contributed by atoms with E-state index in [1.54, 1.807) is 11.9 Å². The maximum Gasteiger partial charge on any atom is 0.303 e. The molecule has 6 nitrogen and oxygen atoms in total. The molecule has 18 heavy (non-hydrogen) atoms. The molecule has 1 amide bonds. The van der Waals surface area contributed by atoms with Crippen LogP contribution in [-0.2, 0) is 16.0 Å². The fourth-order valence-corrected chi connectivity index (χ4v) is 2.60. The number of likely N-dealkylation sites (N-methyl/N-ethyl adjacent to an activating group) is 1.